The minimum atomic E-state index is -0.735. The first kappa shape index (κ1) is 14.7. The fourth-order valence-corrected chi connectivity index (χ4v) is 1.25. The molecule has 0 bridgehead atoms. The Morgan fingerprint density at radius 2 is 1.78 bits per heavy atom. The lowest BCUT2D eigenvalue weighted by Crippen LogP contribution is -2.25. The van der Waals surface area contributed by atoms with Crippen molar-refractivity contribution in [2.24, 2.45) is 0 Å². The van der Waals surface area contributed by atoms with Crippen molar-refractivity contribution in [3.63, 3.8) is 0 Å². The molecule has 1 rings (SSSR count). The van der Waals surface area contributed by atoms with Gasteiger partial charge >= 0.3 is 5.97 Å². The zero-order valence-corrected chi connectivity index (χ0v) is 11.3. The third-order valence-electron chi connectivity index (χ3n) is 2.55. The molecule has 1 aromatic carbocycles. The zero-order valence-electron chi connectivity index (χ0n) is 10.5. The molecule has 0 aliphatic heterocycles. The van der Waals surface area contributed by atoms with Crippen LogP contribution in [-0.2, 0) is 9.78 Å². The minimum absolute atomic E-state index is 0.0874. The van der Waals surface area contributed by atoms with E-state index in [4.69, 9.17) is 21.4 Å². The van der Waals surface area contributed by atoms with Crippen LogP contribution in [0, 0.1) is 0 Å². The second-order valence-electron chi connectivity index (χ2n) is 4.39. The molecule has 98 valence electrons. The molecule has 0 spiro atoms. The molecule has 0 saturated carbocycles. The van der Waals surface area contributed by atoms with Crippen molar-refractivity contribution in [1.82, 2.24) is 0 Å². The summed E-state index contributed by atoms with van der Waals surface area (Å²) in [6.45, 7) is 5.49. The third-order valence-corrected chi connectivity index (χ3v) is 2.76. The summed E-state index contributed by atoms with van der Waals surface area (Å²) in [5.41, 5.74) is -0.387. The van der Waals surface area contributed by atoms with Crippen LogP contribution < -0.4 is 0 Å². The Kier molecular flexibility index (Phi) is 4.87. The van der Waals surface area contributed by atoms with Crippen LogP contribution in [0.5, 0.6) is 0 Å². The number of carbonyl (C=O) groups is 2. The topological polar surface area (TPSA) is 52.6 Å². The number of halogens is 1. The normalized spacial score (nSPS) is 11.1. The van der Waals surface area contributed by atoms with Gasteiger partial charge in [-0.05, 0) is 44.0 Å². The van der Waals surface area contributed by atoms with Gasteiger partial charge in [-0.25, -0.2) is 4.79 Å². The quantitative estimate of drug-likeness (QED) is 0.468. The van der Waals surface area contributed by atoms with Crippen molar-refractivity contribution >= 4 is 22.8 Å². The number of rotatable bonds is 5. The lowest BCUT2D eigenvalue weighted by atomic mass is 10.1. The molecule has 0 amide bonds. The number of carbonyl (C=O) groups excluding carboxylic acids is 2. The first-order valence-corrected chi connectivity index (χ1v) is 5.94. The Morgan fingerprint density at radius 3 is 2.28 bits per heavy atom. The summed E-state index contributed by atoms with van der Waals surface area (Å²) in [5, 5.41) is -0.711. The minimum Gasteiger partial charge on any atom is -0.292 e. The summed E-state index contributed by atoms with van der Waals surface area (Å²) in [6.07, 6.45) is 0.677. The first-order valence-electron chi connectivity index (χ1n) is 5.56. The van der Waals surface area contributed by atoms with Gasteiger partial charge < -0.3 is 0 Å². The molecular formula is C13H15ClO4. The Balaban J connectivity index is 2.82. The number of hydrogen-bond acceptors (Lipinski definition) is 4. The summed E-state index contributed by atoms with van der Waals surface area (Å²) in [4.78, 5) is 32.7. The zero-order chi connectivity index (χ0) is 13.8. The average molecular weight is 271 g/mol. The molecule has 0 aliphatic rings. The Morgan fingerprint density at radius 1 is 1.22 bits per heavy atom. The van der Waals surface area contributed by atoms with Gasteiger partial charge in [-0.3, -0.25) is 9.68 Å². The average Bonchev–Trinajstić information content (AvgIpc) is 2.36. The predicted octanol–water partition coefficient (Wildman–Crippen LogP) is 3.34. The van der Waals surface area contributed by atoms with Gasteiger partial charge in [0.25, 0.3) is 5.24 Å². The summed E-state index contributed by atoms with van der Waals surface area (Å²) in [6, 6.07) is 6.14. The molecule has 0 aromatic heterocycles. The maximum absolute atomic E-state index is 11.8. The maximum Gasteiger partial charge on any atom is 0.373 e. The van der Waals surface area contributed by atoms with E-state index < -0.39 is 16.8 Å². The van der Waals surface area contributed by atoms with E-state index in [9.17, 15) is 9.59 Å². The monoisotopic (exact) mass is 270 g/mol. The molecule has 0 N–H and O–H groups in total. The van der Waals surface area contributed by atoms with Crippen LogP contribution in [0.3, 0.4) is 0 Å². The highest BCUT2D eigenvalue weighted by Crippen LogP contribution is 2.17. The van der Waals surface area contributed by atoms with Crippen molar-refractivity contribution in [1.29, 1.82) is 0 Å². The largest absolute Gasteiger partial charge is 0.373 e. The first-order chi connectivity index (χ1) is 8.37. The molecule has 18 heavy (non-hydrogen) atoms. The SMILES string of the molecule is CCC(C)(C)OOC(=O)c1ccccc1C(=O)Cl. The van der Waals surface area contributed by atoms with E-state index in [1.54, 1.807) is 26.0 Å². The van der Waals surface area contributed by atoms with Gasteiger partial charge in [-0.15, -0.1) is 0 Å². The molecule has 0 unspecified atom stereocenters. The summed E-state index contributed by atoms with van der Waals surface area (Å²) in [7, 11) is 0. The fourth-order valence-electron chi connectivity index (χ4n) is 1.09. The van der Waals surface area contributed by atoms with E-state index in [1.165, 1.54) is 12.1 Å². The van der Waals surface area contributed by atoms with E-state index in [-0.39, 0.29) is 11.1 Å². The van der Waals surface area contributed by atoms with E-state index >= 15 is 0 Å². The second-order valence-corrected chi connectivity index (χ2v) is 4.73. The smallest absolute Gasteiger partial charge is 0.292 e. The van der Waals surface area contributed by atoms with Gasteiger partial charge in [0.1, 0.15) is 5.60 Å². The van der Waals surface area contributed by atoms with Crippen molar-refractivity contribution < 1.29 is 19.4 Å². The highest BCUT2D eigenvalue weighted by atomic mass is 35.5. The summed E-state index contributed by atoms with van der Waals surface area (Å²) in [5.74, 6) is -0.735. The molecular weight excluding hydrogens is 256 g/mol. The molecule has 4 nitrogen and oxygen atoms in total. The van der Waals surface area contributed by atoms with Crippen molar-refractivity contribution in [3.05, 3.63) is 35.4 Å². The van der Waals surface area contributed by atoms with Gasteiger partial charge in [0.2, 0.25) is 0 Å². The molecule has 5 heteroatoms. The van der Waals surface area contributed by atoms with Crippen LogP contribution in [0.2, 0.25) is 0 Å². The molecule has 1 aromatic rings. The molecule has 0 heterocycles. The second kappa shape index (κ2) is 5.98. The van der Waals surface area contributed by atoms with Crippen LogP contribution in [0.4, 0.5) is 0 Å². The van der Waals surface area contributed by atoms with Crippen molar-refractivity contribution in [3.8, 4) is 0 Å². The standard InChI is InChI=1S/C13H15ClO4/c1-4-13(2,3)18-17-12(16)10-8-6-5-7-9(10)11(14)15/h5-8H,4H2,1-3H3. The maximum atomic E-state index is 11.8. The molecule has 0 fully saturated rings. The Hall–Kier alpha value is -1.39. The van der Waals surface area contributed by atoms with Gasteiger partial charge in [-0.1, -0.05) is 19.1 Å². The predicted molar refractivity (Wildman–Crippen MR) is 67.5 cm³/mol. The number of benzene rings is 1. The van der Waals surface area contributed by atoms with E-state index in [0.29, 0.717) is 6.42 Å². The Labute approximate surface area is 111 Å². The van der Waals surface area contributed by atoms with Crippen LogP contribution in [-0.4, -0.2) is 16.8 Å². The van der Waals surface area contributed by atoms with Crippen molar-refractivity contribution in [2.45, 2.75) is 32.8 Å². The van der Waals surface area contributed by atoms with Crippen LogP contribution >= 0.6 is 11.6 Å². The van der Waals surface area contributed by atoms with Crippen LogP contribution in [0.15, 0.2) is 24.3 Å². The molecule has 0 radical (unpaired) electrons. The van der Waals surface area contributed by atoms with Crippen molar-refractivity contribution in [2.75, 3.05) is 0 Å². The van der Waals surface area contributed by atoms with E-state index in [2.05, 4.69) is 0 Å². The summed E-state index contributed by atoms with van der Waals surface area (Å²) >= 11 is 5.38. The lowest BCUT2D eigenvalue weighted by Gasteiger charge is -2.20. The van der Waals surface area contributed by atoms with Gasteiger partial charge in [0.05, 0.1) is 5.56 Å². The fraction of sp³-hybridized carbons (Fsp3) is 0.385. The van der Waals surface area contributed by atoms with E-state index in [0.717, 1.165) is 0 Å². The summed E-state index contributed by atoms with van der Waals surface area (Å²) < 4.78 is 0. The van der Waals surface area contributed by atoms with Gasteiger partial charge in [0.15, 0.2) is 0 Å². The van der Waals surface area contributed by atoms with E-state index in [1.807, 2.05) is 6.92 Å². The van der Waals surface area contributed by atoms with Gasteiger partial charge in [0, 0.05) is 5.56 Å². The lowest BCUT2D eigenvalue weighted by molar-refractivity contribution is -0.307. The highest BCUT2D eigenvalue weighted by Gasteiger charge is 2.22. The van der Waals surface area contributed by atoms with Gasteiger partial charge in [-0.2, -0.15) is 4.89 Å². The Bertz CT molecular complexity index is 454. The van der Waals surface area contributed by atoms with Crippen LogP contribution in [0.1, 0.15) is 47.9 Å². The molecule has 0 atom stereocenters. The number of hydrogen-bond donors (Lipinski definition) is 0. The molecule has 0 saturated heterocycles. The highest BCUT2D eigenvalue weighted by molar-refractivity contribution is 6.68. The molecule has 0 aliphatic carbocycles. The third kappa shape index (κ3) is 3.82. The van der Waals surface area contributed by atoms with Crippen LogP contribution in [0.25, 0.3) is 0 Å².